The summed E-state index contributed by atoms with van der Waals surface area (Å²) in [4.78, 5) is 2.30. The molecule has 96 valence electrons. The van der Waals surface area contributed by atoms with Gasteiger partial charge in [-0.3, -0.25) is 0 Å². The van der Waals surface area contributed by atoms with E-state index in [1.165, 1.54) is 11.3 Å². The third-order valence-electron chi connectivity index (χ3n) is 2.70. The molecule has 0 unspecified atom stereocenters. The van der Waals surface area contributed by atoms with Crippen LogP contribution in [0.5, 0.6) is 0 Å². The topological polar surface area (TPSA) is 32.7 Å². The number of aryl methyl sites for hydroxylation is 1. The van der Waals surface area contributed by atoms with Gasteiger partial charge in [-0.15, -0.1) is 0 Å². The second-order valence-electron chi connectivity index (χ2n) is 4.46. The Bertz CT molecular complexity index is 309. The minimum absolute atomic E-state index is 0.0895. The van der Waals surface area contributed by atoms with Gasteiger partial charge in [-0.1, -0.05) is 17.7 Å². The summed E-state index contributed by atoms with van der Waals surface area (Å²) in [7, 11) is 0. The Balaban J connectivity index is 2.56. The first-order chi connectivity index (χ1) is 8.15. The summed E-state index contributed by atoms with van der Waals surface area (Å²) in [6.07, 6.45) is 0. The molecular weight excluding hydrogens is 214 g/mol. The first-order valence-electron chi connectivity index (χ1n) is 6.17. The van der Waals surface area contributed by atoms with Gasteiger partial charge in [0.2, 0.25) is 0 Å². The van der Waals surface area contributed by atoms with Crippen LogP contribution >= 0.6 is 0 Å². The first-order valence-corrected chi connectivity index (χ1v) is 6.17. The van der Waals surface area contributed by atoms with Gasteiger partial charge in [0.25, 0.3) is 0 Å². The third kappa shape index (κ3) is 4.75. The van der Waals surface area contributed by atoms with Crippen molar-refractivity contribution in [1.82, 2.24) is 0 Å². The smallest absolute Gasteiger partial charge is 0.0698 e. The standard InChI is InChI=1S/C14H23NO2/c1-12(2)15(8-10-17-11-9-16)14-6-4-13(3)5-7-14/h4-7,12,16H,8-11H2,1-3H3. The molecular formula is C14H23NO2. The van der Waals surface area contributed by atoms with Crippen LogP contribution < -0.4 is 4.90 Å². The van der Waals surface area contributed by atoms with Gasteiger partial charge in [0.1, 0.15) is 0 Å². The molecule has 0 heterocycles. The van der Waals surface area contributed by atoms with E-state index >= 15 is 0 Å². The van der Waals surface area contributed by atoms with Crippen LogP contribution in [-0.4, -0.2) is 37.5 Å². The van der Waals surface area contributed by atoms with Crippen LogP contribution in [0.2, 0.25) is 0 Å². The predicted molar refractivity (Wildman–Crippen MR) is 71.6 cm³/mol. The fourth-order valence-corrected chi connectivity index (χ4v) is 1.75. The Labute approximate surface area is 104 Å². The maximum absolute atomic E-state index is 8.65. The van der Waals surface area contributed by atoms with Crippen LogP contribution in [0.3, 0.4) is 0 Å². The van der Waals surface area contributed by atoms with Crippen LogP contribution in [0, 0.1) is 6.92 Å². The van der Waals surface area contributed by atoms with Gasteiger partial charge in [0, 0.05) is 18.3 Å². The molecule has 0 atom stereocenters. The average Bonchev–Trinajstić information content (AvgIpc) is 2.30. The molecule has 0 saturated carbocycles. The molecule has 1 rings (SSSR count). The van der Waals surface area contributed by atoms with Crippen molar-refractivity contribution in [3.05, 3.63) is 29.8 Å². The van der Waals surface area contributed by atoms with Crippen LogP contribution in [0.25, 0.3) is 0 Å². The highest BCUT2D eigenvalue weighted by Crippen LogP contribution is 2.17. The van der Waals surface area contributed by atoms with Gasteiger partial charge in [-0.05, 0) is 32.9 Å². The second kappa shape index (κ2) is 7.30. The largest absolute Gasteiger partial charge is 0.394 e. The highest BCUT2D eigenvalue weighted by Gasteiger charge is 2.09. The number of hydrogen-bond acceptors (Lipinski definition) is 3. The number of nitrogens with zero attached hydrogens (tertiary/aromatic N) is 1. The Morgan fingerprint density at radius 3 is 2.35 bits per heavy atom. The number of hydrogen-bond donors (Lipinski definition) is 1. The normalized spacial score (nSPS) is 10.9. The van der Waals surface area contributed by atoms with Crippen molar-refractivity contribution in [1.29, 1.82) is 0 Å². The Hall–Kier alpha value is -1.06. The predicted octanol–water partition coefficient (Wildman–Crippen LogP) is 2.22. The van der Waals surface area contributed by atoms with E-state index < -0.39 is 0 Å². The van der Waals surface area contributed by atoms with Crippen LogP contribution in [0.1, 0.15) is 19.4 Å². The van der Waals surface area contributed by atoms with Crippen LogP contribution in [-0.2, 0) is 4.74 Å². The molecule has 0 spiro atoms. The highest BCUT2D eigenvalue weighted by molar-refractivity contribution is 5.48. The maximum atomic E-state index is 8.65. The molecule has 0 amide bonds. The molecule has 17 heavy (non-hydrogen) atoms. The van der Waals surface area contributed by atoms with Gasteiger partial charge in [-0.25, -0.2) is 0 Å². The maximum Gasteiger partial charge on any atom is 0.0698 e. The van der Waals surface area contributed by atoms with Gasteiger partial charge in [-0.2, -0.15) is 0 Å². The van der Waals surface area contributed by atoms with Crippen molar-refractivity contribution in [2.75, 3.05) is 31.3 Å². The molecule has 0 aliphatic rings. The van der Waals surface area contributed by atoms with Crippen LogP contribution in [0.15, 0.2) is 24.3 Å². The lowest BCUT2D eigenvalue weighted by Crippen LogP contribution is -2.34. The van der Waals surface area contributed by atoms with E-state index in [1.54, 1.807) is 0 Å². The molecule has 0 aliphatic heterocycles. The van der Waals surface area contributed by atoms with Crippen molar-refractivity contribution >= 4 is 5.69 Å². The van der Waals surface area contributed by atoms with E-state index in [0.717, 1.165) is 6.54 Å². The van der Waals surface area contributed by atoms with Crippen LogP contribution in [0.4, 0.5) is 5.69 Å². The van der Waals surface area contributed by atoms with E-state index in [9.17, 15) is 0 Å². The van der Waals surface area contributed by atoms with Gasteiger partial charge >= 0.3 is 0 Å². The fourth-order valence-electron chi connectivity index (χ4n) is 1.75. The zero-order valence-corrected chi connectivity index (χ0v) is 11.0. The number of anilines is 1. The molecule has 0 fully saturated rings. The SMILES string of the molecule is Cc1ccc(N(CCOCCO)C(C)C)cc1. The zero-order chi connectivity index (χ0) is 12.7. The number of benzene rings is 1. The van der Waals surface area contributed by atoms with E-state index in [-0.39, 0.29) is 6.61 Å². The van der Waals surface area contributed by atoms with E-state index in [1.807, 2.05) is 0 Å². The van der Waals surface area contributed by atoms with E-state index in [0.29, 0.717) is 19.3 Å². The van der Waals surface area contributed by atoms with Gasteiger partial charge < -0.3 is 14.7 Å². The molecule has 3 heteroatoms. The van der Waals surface area contributed by atoms with E-state index in [2.05, 4.69) is 49.9 Å². The third-order valence-corrected chi connectivity index (χ3v) is 2.70. The monoisotopic (exact) mass is 237 g/mol. The number of aliphatic hydroxyl groups excluding tert-OH is 1. The molecule has 1 aromatic carbocycles. The van der Waals surface area contributed by atoms with Gasteiger partial charge in [0.15, 0.2) is 0 Å². The number of aliphatic hydroxyl groups is 1. The fraction of sp³-hybridized carbons (Fsp3) is 0.571. The minimum atomic E-state index is 0.0895. The quantitative estimate of drug-likeness (QED) is 0.738. The summed E-state index contributed by atoms with van der Waals surface area (Å²) in [5.74, 6) is 0. The molecule has 1 N–H and O–H groups in total. The van der Waals surface area contributed by atoms with Crippen molar-refractivity contribution in [3.8, 4) is 0 Å². The van der Waals surface area contributed by atoms with Crippen molar-refractivity contribution < 1.29 is 9.84 Å². The summed E-state index contributed by atoms with van der Waals surface area (Å²) in [6.45, 7) is 8.44. The molecule has 1 aromatic rings. The highest BCUT2D eigenvalue weighted by atomic mass is 16.5. The van der Waals surface area contributed by atoms with Crippen molar-refractivity contribution in [3.63, 3.8) is 0 Å². The lowest BCUT2D eigenvalue weighted by atomic mass is 10.2. The molecule has 0 bridgehead atoms. The lowest BCUT2D eigenvalue weighted by molar-refractivity contribution is 0.0961. The summed E-state index contributed by atoms with van der Waals surface area (Å²) in [5, 5.41) is 8.65. The zero-order valence-electron chi connectivity index (χ0n) is 11.0. The summed E-state index contributed by atoms with van der Waals surface area (Å²) < 4.78 is 5.32. The first kappa shape index (κ1) is 14.0. The molecule has 0 aromatic heterocycles. The summed E-state index contributed by atoms with van der Waals surface area (Å²) >= 11 is 0. The lowest BCUT2D eigenvalue weighted by Gasteiger charge is -2.29. The Morgan fingerprint density at radius 2 is 1.82 bits per heavy atom. The van der Waals surface area contributed by atoms with Crippen molar-refractivity contribution in [2.45, 2.75) is 26.8 Å². The second-order valence-corrected chi connectivity index (χ2v) is 4.46. The van der Waals surface area contributed by atoms with E-state index in [4.69, 9.17) is 9.84 Å². The Kier molecular flexibility index (Phi) is 6.01. The molecule has 0 aliphatic carbocycles. The molecule has 3 nitrogen and oxygen atoms in total. The number of ether oxygens (including phenoxy) is 1. The van der Waals surface area contributed by atoms with Gasteiger partial charge in [0.05, 0.1) is 19.8 Å². The van der Waals surface area contributed by atoms with Crippen molar-refractivity contribution in [2.24, 2.45) is 0 Å². The average molecular weight is 237 g/mol. The Morgan fingerprint density at radius 1 is 1.18 bits per heavy atom. The molecule has 0 radical (unpaired) electrons. The number of rotatable bonds is 7. The minimum Gasteiger partial charge on any atom is -0.394 e. The summed E-state index contributed by atoms with van der Waals surface area (Å²) in [5.41, 5.74) is 2.49. The summed E-state index contributed by atoms with van der Waals surface area (Å²) in [6, 6.07) is 8.97. The molecule has 0 saturated heterocycles.